The smallest absolute Gasteiger partial charge is 0.186 e. The van der Waals surface area contributed by atoms with Crippen molar-refractivity contribution in [2.45, 2.75) is 25.3 Å². The summed E-state index contributed by atoms with van der Waals surface area (Å²) in [6.45, 7) is 3.48. The molecule has 146 valence electrons. The van der Waals surface area contributed by atoms with Gasteiger partial charge in [0.15, 0.2) is 16.6 Å². The van der Waals surface area contributed by atoms with Crippen LogP contribution in [0.1, 0.15) is 26.0 Å². The van der Waals surface area contributed by atoms with Crippen LogP contribution in [0.4, 0.5) is 10.1 Å². The van der Waals surface area contributed by atoms with Gasteiger partial charge in [-0.15, -0.1) is 0 Å². The normalized spacial score (nSPS) is 12.3. The second-order valence-electron chi connectivity index (χ2n) is 6.42. The lowest BCUT2D eigenvalue weighted by molar-refractivity contribution is -0.119. The summed E-state index contributed by atoms with van der Waals surface area (Å²) >= 11 is 4.13. The SMILES string of the molecule is CC(C)(CO)CC(=O)CSc1nonc1C(=Nc1ccc(F)c(Br)c1)NO. The number of aromatic nitrogens is 2. The van der Waals surface area contributed by atoms with Crippen molar-refractivity contribution in [1.29, 1.82) is 0 Å². The Balaban J connectivity index is 2.15. The molecule has 0 aliphatic rings. The van der Waals surface area contributed by atoms with Gasteiger partial charge in [-0.3, -0.25) is 15.5 Å². The van der Waals surface area contributed by atoms with Crippen LogP contribution in [-0.4, -0.2) is 44.6 Å². The number of amidine groups is 1. The third-order valence-corrected chi connectivity index (χ3v) is 5.02. The summed E-state index contributed by atoms with van der Waals surface area (Å²) in [4.78, 5) is 16.2. The van der Waals surface area contributed by atoms with Crippen LogP contribution in [0.5, 0.6) is 0 Å². The number of hydrogen-bond donors (Lipinski definition) is 3. The molecule has 0 saturated carbocycles. The lowest BCUT2D eigenvalue weighted by Gasteiger charge is -2.19. The largest absolute Gasteiger partial charge is 0.396 e. The van der Waals surface area contributed by atoms with Crippen molar-refractivity contribution < 1.29 is 24.1 Å². The number of thioether (sulfide) groups is 1. The molecule has 0 radical (unpaired) electrons. The minimum atomic E-state index is -0.502. The maximum atomic E-state index is 13.3. The Bertz CT molecular complexity index is 844. The number of ketones is 1. The maximum Gasteiger partial charge on any atom is 0.186 e. The summed E-state index contributed by atoms with van der Waals surface area (Å²) in [6, 6.07) is 4.06. The third-order valence-electron chi connectivity index (χ3n) is 3.41. The minimum Gasteiger partial charge on any atom is -0.396 e. The number of carbonyl (C=O) groups excluding carboxylic acids is 1. The molecule has 27 heavy (non-hydrogen) atoms. The number of rotatable bonds is 8. The molecule has 0 saturated heterocycles. The second-order valence-corrected chi connectivity index (χ2v) is 8.23. The van der Waals surface area contributed by atoms with E-state index in [9.17, 15) is 19.5 Å². The zero-order valence-corrected chi connectivity index (χ0v) is 17.0. The van der Waals surface area contributed by atoms with E-state index in [1.165, 1.54) is 18.2 Å². The number of benzene rings is 1. The second kappa shape index (κ2) is 9.40. The van der Waals surface area contributed by atoms with Crippen molar-refractivity contribution in [2.75, 3.05) is 12.4 Å². The number of nitrogens with zero attached hydrogens (tertiary/aromatic N) is 3. The van der Waals surface area contributed by atoms with E-state index in [4.69, 9.17) is 4.63 Å². The van der Waals surface area contributed by atoms with Gasteiger partial charge in [0.25, 0.3) is 0 Å². The average Bonchev–Trinajstić information content (AvgIpc) is 3.09. The van der Waals surface area contributed by atoms with Gasteiger partial charge >= 0.3 is 0 Å². The molecule has 0 amide bonds. The molecule has 0 unspecified atom stereocenters. The summed E-state index contributed by atoms with van der Waals surface area (Å²) in [6.07, 6.45) is 0.208. The topological polar surface area (TPSA) is 121 Å². The highest BCUT2D eigenvalue weighted by molar-refractivity contribution is 9.10. The average molecular weight is 461 g/mol. The van der Waals surface area contributed by atoms with E-state index in [0.29, 0.717) is 5.69 Å². The van der Waals surface area contributed by atoms with Crippen LogP contribution >= 0.6 is 27.7 Å². The summed E-state index contributed by atoms with van der Waals surface area (Å²) in [5, 5.41) is 26.3. The summed E-state index contributed by atoms with van der Waals surface area (Å²) in [5.41, 5.74) is 1.86. The predicted molar refractivity (Wildman–Crippen MR) is 101 cm³/mol. The summed E-state index contributed by atoms with van der Waals surface area (Å²) in [5.74, 6) is -0.506. The molecule has 0 aliphatic heterocycles. The molecule has 0 fully saturated rings. The van der Waals surface area contributed by atoms with E-state index in [-0.39, 0.29) is 45.6 Å². The van der Waals surface area contributed by atoms with Crippen LogP contribution in [0, 0.1) is 11.2 Å². The highest BCUT2D eigenvalue weighted by Crippen LogP contribution is 2.26. The number of hydroxylamine groups is 1. The molecule has 2 rings (SSSR count). The number of aliphatic imine (C=N–C) groups is 1. The van der Waals surface area contributed by atoms with Gasteiger partial charge in [-0.2, -0.15) is 0 Å². The van der Waals surface area contributed by atoms with Gasteiger partial charge in [0, 0.05) is 13.0 Å². The fourth-order valence-corrected chi connectivity index (χ4v) is 3.15. The molecule has 1 aromatic heterocycles. The lowest BCUT2D eigenvalue weighted by atomic mass is 9.89. The van der Waals surface area contributed by atoms with Gasteiger partial charge in [-0.1, -0.05) is 25.6 Å². The first-order valence-corrected chi connectivity index (χ1v) is 9.56. The molecule has 0 spiro atoms. The van der Waals surface area contributed by atoms with Gasteiger partial charge in [-0.25, -0.2) is 14.0 Å². The van der Waals surface area contributed by atoms with Crippen LogP contribution in [-0.2, 0) is 4.79 Å². The van der Waals surface area contributed by atoms with Crippen LogP contribution < -0.4 is 5.48 Å². The Hall–Kier alpha value is -1.82. The fourth-order valence-electron chi connectivity index (χ4n) is 2.02. The Labute approximate surface area is 167 Å². The first-order valence-electron chi connectivity index (χ1n) is 7.78. The molecule has 0 atom stereocenters. The van der Waals surface area contributed by atoms with Gasteiger partial charge in [0.05, 0.1) is 15.9 Å². The summed E-state index contributed by atoms with van der Waals surface area (Å²) in [7, 11) is 0. The van der Waals surface area contributed by atoms with Crippen LogP contribution in [0.25, 0.3) is 0 Å². The quantitative estimate of drug-likeness (QED) is 0.237. The zero-order valence-electron chi connectivity index (χ0n) is 14.6. The molecule has 8 nitrogen and oxygen atoms in total. The predicted octanol–water partition coefficient (Wildman–Crippen LogP) is 3.10. The van der Waals surface area contributed by atoms with E-state index < -0.39 is 11.2 Å². The molecule has 0 bridgehead atoms. The molecule has 11 heteroatoms. The highest BCUT2D eigenvalue weighted by Gasteiger charge is 2.23. The minimum absolute atomic E-state index is 0.0691. The monoisotopic (exact) mass is 460 g/mol. The standard InChI is InChI=1S/C16H18BrFN4O4S/c1-16(2,8-23)6-10(24)7-27-15-13(21-26-22-15)14(20-25)19-9-3-4-12(18)11(17)5-9/h3-5,23,25H,6-8H2,1-2H3,(H,19,20). The number of aliphatic hydroxyl groups excluding tert-OH is 1. The van der Waals surface area contributed by atoms with E-state index in [2.05, 4.69) is 31.2 Å². The number of carbonyl (C=O) groups is 1. The molecular formula is C16H18BrFN4O4S. The third kappa shape index (κ3) is 6.09. The lowest BCUT2D eigenvalue weighted by Crippen LogP contribution is -2.23. The Morgan fingerprint density at radius 2 is 2.19 bits per heavy atom. The van der Waals surface area contributed by atoms with Gasteiger partial charge < -0.3 is 5.11 Å². The fraction of sp³-hybridized carbons (Fsp3) is 0.375. The van der Waals surface area contributed by atoms with Crippen molar-refractivity contribution in [3.8, 4) is 0 Å². The Morgan fingerprint density at radius 1 is 1.44 bits per heavy atom. The molecule has 0 aliphatic carbocycles. The van der Waals surface area contributed by atoms with E-state index in [1.54, 1.807) is 13.8 Å². The van der Waals surface area contributed by atoms with Gasteiger partial charge in [0.2, 0.25) is 0 Å². The van der Waals surface area contributed by atoms with E-state index >= 15 is 0 Å². The van der Waals surface area contributed by atoms with Crippen LogP contribution in [0.15, 0.2) is 37.3 Å². The number of Topliss-reactive ketones (excluding diaryl/α,β-unsaturated/α-hetero) is 1. The molecule has 1 aromatic carbocycles. The molecule has 3 N–H and O–H groups in total. The van der Waals surface area contributed by atoms with Crippen LogP contribution in [0.3, 0.4) is 0 Å². The Kier molecular flexibility index (Phi) is 7.48. The highest BCUT2D eigenvalue weighted by atomic mass is 79.9. The van der Waals surface area contributed by atoms with Crippen molar-refractivity contribution >= 4 is 45.0 Å². The number of hydrogen-bond acceptors (Lipinski definition) is 8. The summed E-state index contributed by atoms with van der Waals surface area (Å²) < 4.78 is 18.2. The zero-order chi connectivity index (χ0) is 20.0. The van der Waals surface area contributed by atoms with Crippen molar-refractivity contribution in [2.24, 2.45) is 10.4 Å². The molecule has 2 aromatic rings. The Morgan fingerprint density at radius 3 is 2.81 bits per heavy atom. The first kappa shape index (κ1) is 21.5. The van der Waals surface area contributed by atoms with Crippen LogP contribution in [0.2, 0.25) is 0 Å². The van der Waals surface area contributed by atoms with Gasteiger partial charge in [0.1, 0.15) is 11.6 Å². The first-order chi connectivity index (χ1) is 12.8. The maximum absolute atomic E-state index is 13.3. The number of aliphatic hydroxyl groups is 1. The van der Waals surface area contributed by atoms with Crippen molar-refractivity contribution in [1.82, 2.24) is 15.8 Å². The van der Waals surface area contributed by atoms with E-state index in [0.717, 1.165) is 11.8 Å². The number of halogens is 2. The number of nitrogens with one attached hydrogen (secondary N) is 1. The molecule has 1 heterocycles. The van der Waals surface area contributed by atoms with Gasteiger partial charge in [-0.05, 0) is 49.9 Å². The van der Waals surface area contributed by atoms with Crippen molar-refractivity contribution in [3.63, 3.8) is 0 Å². The molecular weight excluding hydrogens is 443 g/mol. The van der Waals surface area contributed by atoms with E-state index in [1.807, 2.05) is 5.48 Å². The van der Waals surface area contributed by atoms with Crippen molar-refractivity contribution in [3.05, 3.63) is 34.2 Å².